The van der Waals surface area contributed by atoms with Crippen LogP contribution in [-0.2, 0) is 16.3 Å². The van der Waals surface area contributed by atoms with Gasteiger partial charge in [0.05, 0.1) is 25.6 Å². The van der Waals surface area contributed by atoms with Crippen LogP contribution in [0.1, 0.15) is 21.1 Å². The van der Waals surface area contributed by atoms with Crippen molar-refractivity contribution in [2.75, 3.05) is 11.1 Å². The first-order valence-electron chi connectivity index (χ1n) is 8.33. The lowest BCUT2D eigenvalue weighted by Crippen LogP contribution is -2.12. The molecule has 7 nitrogen and oxygen atoms in total. The minimum absolute atomic E-state index is 0.0544. The van der Waals surface area contributed by atoms with E-state index in [-0.39, 0.29) is 21.3 Å². The maximum Gasteiger partial charge on any atom is 0.284 e. The molecule has 1 N–H and O–H groups in total. The molecule has 0 spiro atoms. The smallest absolute Gasteiger partial charge is 0.284 e. The third kappa shape index (κ3) is 4.04. The van der Waals surface area contributed by atoms with Gasteiger partial charge in [0.1, 0.15) is 10.3 Å². The number of pyridine rings is 1. The Balaban J connectivity index is 1.60. The summed E-state index contributed by atoms with van der Waals surface area (Å²) in [7, 11) is -3.32. The van der Waals surface area contributed by atoms with Crippen molar-refractivity contribution in [3.8, 4) is 6.07 Å². The molecule has 12 heteroatoms. The topological polar surface area (TPSA) is 113 Å². The van der Waals surface area contributed by atoms with Gasteiger partial charge in [-0.2, -0.15) is 5.26 Å². The Kier molecular flexibility index (Phi) is 5.74. The molecule has 0 bridgehead atoms. The summed E-state index contributed by atoms with van der Waals surface area (Å²) in [5, 5.41) is 12.7. The predicted molar refractivity (Wildman–Crippen MR) is 115 cm³/mol. The van der Waals surface area contributed by atoms with E-state index < -0.39 is 15.7 Å². The van der Waals surface area contributed by atoms with Crippen LogP contribution < -0.4 is 5.32 Å². The van der Waals surface area contributed by atoms with Crippen LogP contribution in [0.2, 0.25) is 10.0 Å². The molecule has 0 unspecified atom stereocenters. The molecule has 0 radical (unpaired) electrons. The van der Waals surface area contributed by atoms with Crippen LogP contribution >= 0.6 is 46.3 Å². The van der Waals surface area contributed by atoms with Gasteiger partial charge in [0.2, 0.25) is 0 Å². The summed E-state index contributed by atoms with van der Waals surface area (Å²) in [5.41, 5.74) is 1.14. The molecule has 2 aromatic heterocycles. The number of nitrogens with one attached hydrogen (secondary N) is 1. The highest BCUT2D eigenvalue weighted by Crippen LogP contribution is 2.41. The molecule has 0 fully saturated rings. The van der Waals surface area contributed by atoms with Crippen LogP contribution in [0.4, 0.5) is 5.69 Å². The third-order valence-electron chi connectivity index (χ3n) is 4.20. The summed E-state index contributed by atoms with van der Waals surface area (Å²) in [4.78, 5) is 21.4. The van der Waals surface area contributed by atoms with Gasteiger partial charge in [-0.3, -0.25) is 9.78 Å². The molecule has 1 aromatic carbocycles. The number of hydrogen-bond acceptors (Lipinski definition) is 8. The number of amides is 1. The quantitative estimate of drug-likeness (QED) is 0.567. The maximum atomic E-state index is 12.6. The summed E-state index contributed by atoms with van der Waals surface area (Å²) in [5.74, 6) is -0.482. The Bertz CT molecular complexity index is 1310. The van der Waals surface area contributed by atoms with Gasteiger partial charge < -0.3 is 5.32 Å². The third-order valence-corrected chi connectivity index (χ3v) is 9.16. The number of hydrogen-bond donors (Lipinski definition) is 1. The number of aromatic nitrogens is 2. The molecular weight excluding hydrogens is 487 g/mol. The van der Waals surface area contributed by atoms with Gasteiger partial charge in [-0.05, 0) is 24.1 Å². The van der Waals surface area contributed by atoms with E-state index >= 15 is 0 Å². The second kappa shape index (κ2) is 8.17. The fraction of sp³-hybridized carbons (Fsp3) is 0.111. The lowest BCUT2D eigenvalue weighted by atomic mass is 10.1. The van der Waals surface area contributed by atoms with Crippen LogP contribution in [0.5, 0.6) is 0 Å². The summed E-state index contributed by atoms with van der Waals surface area (Å²) < 4.78 is 24.6. The van der Waals surface area contributed by atoms with Crippen molar-refractivity contribution in [1.82, 2.24) is 9.97 Å². The zero-order valence-corrected chi connectivity index (χ0v) is 18.8. The predicted octanol–water partition coefficient (Wildman–Crippen LogP) is 4.45. The van der Waals surface area contributed by atoms with Gasteiger partial charge >= 0.3 is 0 Å². The zero-order chi connectivity index (χ0) is 21.5. The van der Waals surface area contributed by atoms with Gasteiger partial charge in [-0.15, -0.1) is 11.3 Å². The lowest BCUT2D eigenvalue weighted by molar-refractivity contribution is 0.102. The molecule has 30 heavy (non-hydrogen) atoms. The van der Waals surface area contributed by atoms with E-state index in [1.165, 1.54) is 18.5 Å². The van der Waals surface area contributed by atoms with Gasteiger partial charge in [0.25, 0.3) is 5.91 Å². The number of carbonyl (C=O) groups is 1. The minimum Gasteiger partial charge on any atom is -0.320 e. The van der Waals surface area contributed by atoms with E-state index in [2.05, 4.69) is 15.3 Å². The maximum absolute atomic E-state index is 12.6. The molecule has 1 amide bonds. The first-order chi connectivity index (χ1) is 14.3. The van der Waals surface area contributed by atoms with E-state index in [9.17, 15) is 18.5 Å². The van der Waals surface area contributed by atoms with Gasteiger partial charge in [0, 0.05) is 18.1 Å². The van der Waals surface area contributed by atoms with Crippen LogP contribution in [0, 0.1) is 11.3 Å². The summed E-state index contributed by atoms with van der Waals surface area (Å²) in [6, 6.07) is 6.73. The molecule has 3 heterocycles. The molecule has 152 valence electrons. The highest BCUT2D eigenvalue weighted by atomic mass is 35.5. The molecule has 0 atom stereocenters. The van der Waals surface area contributed by atoms with Crippen molar-refractivity contribution < 1.29 is 13.2 Å². The lowest BCUT2D eigenvalue weighted by Gasteiger charge is -2.05. The van der Waals surface area contributed by atoms with Crippen molar-refractivity contribution >= 4 is 67.7 Å². The molecule has 0 aliphatic carbocycles. The highest BCUT2D eigenvalue weighted by Gasteiger charge is 2.27. The van der Waals surface area contributed by atoms with Crippen molar-refractivity contribution in [1.29, 1.82) is 5.26 Å². The standard InChI is InChI=1S/C18H10Cl2N4O3S3/c19-11-7-22-8-12(20)15(11)28-18-13(6-21)24-17(29-18)16(25)23-10-2-1-9-3-4-30(26,27)14(9)5-10/h1-2,5,7-8H,3-4H2,(H,23,25). The summed E-state index contributed by atoms with van der Waals surface area (Å²) in [6.45, 7) is 0. The summed E-state index contributed by atoms with van der Waals surface area (Å²) >= 11 is 14.4. The fourth-order valence-corrected chi connectivity index (χ4v) is 6.95. The number of thiazole rings is 1. The molecule has 1 aliphatic rings. The molecule has 0 saturated heterocycles. The zero-order valence-electron chi connectivity index (χ0n) is 14.8. The van der Waals surface area contributed by atoms with Crippen LogP contribution in [0.3, 0.4) is 0 Å². The number of benzene rings is 1. The molecule has 0 saturated carbocycles. The van der Waals surface area contributed by atoms with Crippen molar-refractivity contribution in [3.63, 3.8) is 0 Å². The number of anilines is 1. The van der Waals surface area contributed by atoms with Gasteiger partial charge in [-0.25, -0.2) is 13.4 Å². The molecular formula is C18H10Cl2N4O3S3. The largest absolute Gasteiger partial charge is 0.320 e. The molecule has 4 rings (SSSR count). The molecule has 1 aliphatic heterocycles. The number of carbonyl (C=O) groups excluding carboxylic acids is 1. The monoisotopic (exact) mass is 496 g/mol. The molecule has 3 aromatic rings. The average Bonchev–Trinajstić information content (AvgIpc) is 3.25. The normalized spacial score (nSPS) is 14.2. The number of rotatable bonds is 4. The van der Waals surface area contributed by atoms with E-state index in [4.69, 9.17) is 23.2 Å². The number of aryl methyl sites for hydroxylation is 1. The van der Waals surface area contributed by atoms with Crippen LogP contribution in [-0.4, -0.2) is 30.0 Å². The second-order valence-corrected chi connectivity index (χ2v) is 11.3. The number of halogens is 2. The Hall–Kier alpha value is -2.16. The van der Waals surface area contributed by atoms with E-state index in [1.54, 1.807) is 12.1 Å². The van der Waals surface area contributed by atoms with Gasteiger partial charge in [-0.1, -0.05) is 41.0 Å². The number of sulfone groups is 1. The SMILES string of the molecule is N#Cc1nc(C(=O)Nc2ccc3c(c2)S(=O)(=O)CC3)sc1Sc1c(Cl)cncc1Cl. The Labute approximate surface area is 190 Å². The van der Waals surface area contributed by atoms with Crippen molar-refractivity contribution in [3.05, 3.63) is 56.9 Å². The Morgan fingerprint density at radius 2 is 2.00 bits per heavy atom. The number of nitrogens with zero attached hydrogens (tertiary/aromatic N) is 3. The Morgan fingerprint density at radius 3 is 2.70 bits per heavy atom. The highest BCUT2D eigenvalue weighted by molar-refractivity contribution is 8.01. The average molecular weight is 497 g/mol. The second-order valence-electron chi connectivity index (χ2n) is 6.15. The summed E-state index contributed by atoms with van der Waals surface area (Å²) in [6.07, 6.45) is 3.32. The van der Waals surface area contributed by atoms with E-state index in [0.717, 1.165) is 28.7 Å². The van der Waals surface area contributed by atoms with Crippen molar-refractivity contribution in [2.24, 2.45) is 0 Å². The Morgan fingerprint density at radius 1 is 1.27 bits per heavy atom. The van der Waals surface area contributed by atoms with E-state index in [0.29, 0.717) is 31.3 Å². The number of fused-ring (bicyclic) bond motifs is 1. The van der Waals surface area contributed by atoms with Crippen molar-refractivity contribution in [2.45, 2.75) is 20.4 Å². The van der Waals surface area contributed by atoms with Crippen LogP contribution in [0.15, 0.2) is 44.6 Å². The van der Waals surface area contributed by atoms with Crippen LogP contribution in [0.25, 0.3) is 0 Å². The fourth-order valence-electron chi connectivity index (χ4n) is 2.80. The minimum atomic E-state index is -3.32. The first kappa shape index (κ1) is 21.1. The first-order valence-corrected chi connectivity index (χ1v) is 12.4. The van der Waals surface area contributed by atoms with Gasteiger partial charge in [0.15, 0.2) is 20.5 Å². The number of nitriles is 1. The van der Waals surface area contributed by atoms with E-state index in [1.807, 2.05) is 6.07 Å².